The number of benzene rings is 1. The van der Waals surface area contributed by atoms with Gasteiger partial charge in [0.1, 0.15) is 0 Å². The fourth-order valence-electron chi connectivity index (χ4n) is 2.96. The van der Waals surface area contributed by atoms with Crippen molar-refractivity contribution in [1.82, 2.24) is 9.80 Å². The van der Waals surface area contributed by atoms with Crippen LogP contribution in [0.4, 0.5) is 0 Å². The lowest BCUT2D eigenvalue weighted by atomic mass is 10.1. The lowest BCUT2D eigenvalue weighted by Crippen LogP contribution is -2.36. The first kappa shape index (κ1) is 15.0. The van der Waals surface area contributed by atoms with E-state index < -0.39 is 0 Å². The fourth-order valence-corrected chi connectivity index (χ4v) is 4.13. The quantitative estimate of drug-likeness (QED) is 0.811. The lowest BCUT2D eigenvalue weighted by molar-refractivity contribution is -0.128. The number of carbonyl (C=O) groups is 2. The van der Waals surface area contributed by atoms with Gasteiger partial charge >= 0.3 is 0 Å². The number of amides is 2. The minimum absolute atomic E-state index is 0.0901. The first-order chi connectivity index (χ1) is 10.6. The summed E-state index contributed by atoms with van der Waals surface area (Å²) in [6, 6.07) is 8.14. The molecule has 0 spiro atoms. The summed E-state index contributed by atoms with van der Waals surface area (Å²) in [5, 5.41) is 1.16. The molecule has 2 heterocycles. The van der Waals surface area contributed by atoms with Crippen molar-refractivity contribution in [2.24, 2.45) is 0 Å². The van der Waals surface area contributed by atoms with Crippen LogP contribution in [0.5, 0.6) is 0 Å². The monoisotopic (exact) mass is 316 g/mol. The Bertz CT molecular complexity index is 723. The fraction of sp³-hybridized carbons (Fsp3) is 0.412. The maximum atomic E-state index is 12.9. The molecule has 5 heteroatoms. The molecule has 1 saturated heterocycles. The van der Waals surface area contributed by atoms with Gasteiger partial charge in [-0.05, 0) is 30.4 Å². The molecule has 0 radical (unpaired) electrons. The van der Waals surface area contributed by atoms with E-state index >= 15 is 0 Å². The second-order valence-corrected chi connectivity index (χ2v) is 6.76. The molecule has 0 bridgehead atoms. The summed E-state index contributed by atoms with van der Waals surface area (Å²) in [5.41, 5.74) is 1.07. The predicted molar refractivity (Wildman–Crippen MR) is 89.3 cm³/mol. The number of hydrogen-bond acceptors (Lipinski definition) is 3. The third kappa shape index (κ3) is 2.73. The SMILES string of the molecule is CC(=O)N1CCCN(C(=O)c2sc3ccccc3c2C)CC1. The molecule has 22 heavy (non-hydrogen) atoms. The molecular formula is C17H20N2O2S. The topological polar surface area (TPSA) is 40.6 Å². The molecule has 0 atom stereocenters. The molecule has 1 aliphatic heterocycles. The number of thiophene rings is 1. The molecule has 0 saturated carbocycles. The average Bonchev–Trinajstić information content (AvgIpc) is 2.71. The summed E-state index contributed by atoms with van der Waals surface area (Å²) >= 11 is 1.57. The standard InChI is InChI=1S/C17H20N2O2S/c1-12-14-6-3-4-7-15(14)22-16(12)17(21)19-9-5-8-18(10-11-19)13(2)20/h3-4,6-7H,5,8-11H2,1-2H3. The van der Waals surface area contributed by atoms with Crippen LogP contribution < -0.4 is 0 Å². The zero-order valence-corrected chi connectivity index (χ0v) is 13.8. The summed E-state index contributed by atoms with van der Waals surface area (Å²) in [6.45, 7) is 6.32. The van der Waals surface area contributed by atoms with Crippen LogP contribution in [0.15, 0.2) is 24.3 Å². The van der Waals surface area contributed by atoms with E-state index in [-0.39, 0.29) is 11.8 Å². The normalized spacial score (nSPS) is 15.9. The molecule has 0 N–H and O–H groups in total. The largest absolute Gasteiger partial charge is 0.341 e. The molecule has 1 fully saturated rings. The van der Waals surface area contributed by atoms with E-state index in [1.165, 1.54) is 0 Å². The third-order valence-corrected chi connectivity index (χ3v) is 5.53. The predicted octanol–water partition coefficient (Wildman–Crippen LogP) is 2.90. The Morgan fingerprint density at radius 1 is 1.05 bits per heavy atom. The van der Waals surface area contributed by atoms with Crippen LogP contribution in [0, 0.1) is 6.92 Å². The molecule has 1 aromatic heterocycles. The average molecular weight is 316 g/mol. The summed E-state index contributed by atoms with van der Waals surface area (Å²) in [4.78, 5) is 28.9. The van der Waals surface area contributed by atoms with Crippen LogP contribution in [0.1, 0.15) is 28.6 Å². The summed E-state index contributed by atoms with van der Waals surface area (Å²) in [6.07, 6.45) is 0.843. The second kappa shape index (κ2) is 6.08. The van der Waals surface area contributed by atoms with Crippen LogP contribution in [-0.4, -0.2) is 47.8 Å². The van der Waals surface area contributed by atoms with Crippen molar-refractivity contribution in [3.05, 3.63) is 34.7 Å². The van der Waals surface area contributed by atoms with E-state index in [1.807, 2.05) is 28.9 Å². The van der Waals surface area contributed by atoms with E-state index in [4.69, 9.17) is 0 Å². The van der Waals surface area contributed by atoms with Gasteiger partial charge in [-0.2, -0.15) is 0 Å². The van der Waals surface area contributed by atoms with Crippen LogP contribution in [-0.2, 0) is 4.79 Å². The van der Waals surface area contributed by atoms with Crippen molar-refractivity contribution >= 4 is 33.2 Å². The highest BCUT2D eigenvalue weighted by molar-refractivity contribution is 7.21. The maximum absolute atomic E-state index is 12.9. The van der Waals surface area contributed by atoms with Gasteiger partial charge < -0.3 is 9.80 Å². The molecule has 1 aromatic carbocycles. The van der Waals surface area contributed by atoms with Gasteiger partial charge in [0.15, 0.2) is 0 Å². The lowest BCUT2D eigenvalue weighted by Gasteiger charge is -2.21. The zero-order valence-electron chi connectivity index (χ0n) is 13.0. The molecule has 4 nitrogen and oxygen atoms in total. The number of aryl methyl sites for hydroxylation is 1. The van der Waals surface area contributed by atoms with Crippen molar-refractivity contribution < 1.29 is 9.59 Å². The van der Waals surface area contributed by atoms with E-state index in [0.717, 1.165) is 40.0 Å². The van der Waals surface area contributed by atoms with E-state index in [9.17, 15) is 9.59 Å². The zero-order chi connectivity index (χ0) is 15.7. The molecule has 0 unspecified atom stereocenters. The Balaban J connectivity index is 1.83. The highest BCUT2D eigenvalue weighted by Gasteiger charge is 2.24. The van der Waals surface area contributed by atoms with Gasteiger partial charge in [0, 0.05) is 37.8 Å². The molecular weight excluding hydrogens is 296 g/mol. The Kier molecular flexibility index (Phi) is 4.16. The van der Waals surface area contributed by atoms with E-state index in [2.05, 4.69) is 12.1 Å². The van der Waals surface area contributed by atoms with E-state index in [0.29, 0.717) is 13.1 Å². The number of nitrogens with zero attached hydrogens (tertiary/aromatic N) is 2. The van der Waals surface area contributed by atoms with Gasteiger partial charge in [-0.25, -0.2) is 0 Å². The van der Waals surface area contributed by atoms with Crippen molar-refractivity contribution in [3.8, 4) is 0 Å². The molecule has 1 aliphatic rings. The minimum Gasteiger partial charge on any atom is -0.341 e. The van der Waals surface area contributed by atoms with E-state index in [1.54, 1.807) is 18.3 Å². The van der Waals surface area contributed by atoms with Gasteiger partial charge in [0.25, 0.3) is 5.91 Å². The molecule has 2 amide bonds. The van der Waals surface area contributed by atoms with Crippen molar-refractivity contribution in [2.75, 3.05) is 26.2 Å². The van der Waals surface area contributed by atoms with Crippen molar-refractivity contribution in [2.45, 2.75) is 20.3 Å². The highest BCUT2D eigenvalue weighted by Crippen LogP contribution is 2.31. The van der Waals surface area contributed by atoms with Crippen LogP contribution >= 0.6 is 11.3 Å². The van der Waals surface area contributed by atoms with Crippen molar-refractivity contribution in [1.29, 1.82) is 0 Å². The molecule has 116 valence electrons. The smallest absolute Gasteiger partial charge is 0.264 e. The maximum Gasteiger partial charge on any atom is 0.264 e. The van der Waals surface area contributed by atoms with Gasteiger partial charge in [-0.1, -0.05) is 18.2 Å². The number of hydrogen-bond donors (Lipinski definition) is 0. The summed E-state index contributed by atoms with van der Waals surface area (Å²) < 4.78 is 1.16. The molecule has 3 rings (SSSR count). The van der Waals surface area contributed by atoms with Crippen LogP contribution in [0.3, 0.4) is 0 Å². The highest BCUT2D eigenvalue weighted by atomic mass is 32.1. The second-order valence-electron chi connectivity index (χ2n) is 5.70. The number of fused-ring (bicyclic) bond motifs is 1. The number of carbonyl (C=O) groups excluding carboxylic acids is 2. The summed E-state index contributed by atoms with van der Waals surface area (Å²) in [5.74, 6) is 0.191. The van der Waals surface area contributed by atoms with Gasteiger partial charge in [0.05, 0.1) is 4.88 Å². The minimum atomic E-state index is 0.0901. The van der Waals surface area contributed by atoms with Crippen LogP contribution in [0.25, 0.3) is 10.1 Å². The first-order valence-corrected chi connectivity index (χ1v) is 8.42. The Labute approximate surface area is 134 Å². The molecule has 2 aromatic rings. The Hall–Kier alpha value is -1.88. The van der Waals surface area contributed by atoms with Crippen molar-refractivity contribution in [3.63, 3.8) is 0 Å². The van der Waals surface area contributed by atoms with Crippen LogP contribution in [0.2, 0.25) is 0 Å². The Morgan fingerprint density at radius 3 is 2.45 bits per heavy atom. The Morgan fingerprint density at radius 2 is 1.73 bits per heavy atom. The summed E-state index contributed by atoms with van der Waals surface area (Å²) in [7, 11) is 0. The van der Waals surface area contributed by atoms with Gasteiger partial charge in [-0.3, -0.25) is 9.59 Å². The molecule has 0 aliphatic carbocycles. The van der Waals surface area contributed by atoms with Gasteiger partial charge in [0.2, 0.25) is 5.91 Å². The van der Waals surface area contributed by atoms with Gasteiger partial charge in [-0.15, -0.1) is 11.3 Å². The first-order valence-electron chi connectivity index (χ1n) is 7.61. The number of rotatable bonds is 1. The third-order valence-electron chi connectivity index (χ3n) is 4.27.